The molecule has 236 valence electrons. The quantitative estimate of drug-likeness (QED) is 0.434. The molecule has 0 aromatic heterocycles. The number of benzene rings is 2. The molecule has 8 rings (SSSR count). The number of carbonyl (C=O) groups is 1. The lowest BCUT2D eigenvalue weighted by molar-refractivity contribution is -0.154. The van der Waals surface area contributed by atoms with E-state index in [1.165, 1.54) is 47.9 Å². The van der Waals surface area contributed by atoms with E-state index < -0.39 is 0 Å². The maximum atomic E-state index is 13.3. The first-order valence-electron chi connectivity index (χ1n) is 17.5. The Balaban J connectivity index is 0.904. The third-order valence-electron chi connectivity index (χ3n) is 14.0. The summed E-state index contributed by atoms with van der Waals surface area (Å²) in [5.41, 5.74) is 5.31. The lowest BCUT2D eigenvalue weighted by Gasteiger charge is -2.62. The highest BCUT2D eigenvalue weighted by Crippen LogP contribution is 2.66. The van der Waals surface area contributed by atoms with Gasteiger partial charge in [-0.1, -0.05) is 62.4 Å². The first-order valence-corrected chi connectivity index (χ1v) is 17.5. The van der Waals surface area contributed by atoms with Crippen LogP contribution in [0.2, 0.25) is 0 Å². The Morgan fingerprint density at radius 3 is 2.20 bits per heavy atom. The number of hydrogen-bond donors (Lipinski definition) is 2. The van der Waals surface area contributed by atoms with Crippen LogP contribution in [0, 0.1) is 34.5 Å². The first-order chi connectivity index (χ1) is 21.3. The molecule has 0 spiro atoms. The fourth-order valence-electron chi connectivity index (χ4n) is 11.5. The van der Waals surface area contributed by atoms with Crippen molar-refractivity contribution in [2.45, 2.75) is 89.4 Å². The van der Waals surface area contributed by atoms with Gasteiger partial charge < -0.3 is 19.8 Å². The second-order valence-electron chi connectivity index (χ2n) is 15.7. The summed E-state index contributed by atoms with van der Waals surface area (Å²) >= 11 is 0. The van der Waals surface area contributed by atoms with E-state index in [9.17, 15) is 15.0 Å². The minimum absolute atomic E-state index is 0.0724. The molecule has 4 unspecified atom stereocenters. The normalized spacial score (nSPS) is 40.0. The van der Waals surface area contributed by atoms with Crippen molar-refractivity contribution in [2.24, 2.45) is 34.5 Å². The largest absolute Gasteiger partial charge is 0.448 e. The van der Waals surface area contributed by atoms with Crippen LogP contribution in [0.1, 0.15) is 82.3 Å². The number of ether oxygens (including phenoxy) is 1. The molecule has 2 N–H and O–H groups in total. The van der Waals surface area contributed by atoms with Crippen LogP contribution < -0.4 is 0 Å². The molecule has 1 aliphatic heterocycles. The van der Waals surface area contributed by atoms with Crippen LogP contribution in [0.5, 0.6) is 0 Å². The maximum absolute atomic E-state index is 13.3. The van der Waals surface area contributed by atoms with Gasteiger partial charge in [0.25, 0.3) is 0 Å². The van der Waals surface area contributed by atoms with E-state index in [4.69, 9.17) is 4.74 Å². The molecule has 0 bridgehead atoms. The molecule has 1 heterocycles. The van der Waals surface area contributed by atoms with Crippen molar-refractivity contribution in [3.05, 3.63) is 59.7 Å². The summed E-state index contributed by atoms with van der Waals surface area (Å²) in [7, 11) is 0. The van der Waals surface area contributed by atoms with Crippen molar-refractivity contribution >= 4 is 6.09 Å². The van der Waals surface area contributed by atoms with Crippen molar-refractivity contribution in [1.82, 2.24) is 9.80 Å². The molecule has 4 saturated carbocycles. The number of carbonyl (C=O) groups excluding carboxylic acids is 1. The zero-order chi connectivity index (χ0) is 30.2. The highest BCUT2D eigenvalue weighted by atomic mass is 16.6. The zero-order valence-corrected chi connectivity index (χ0v) is 26.5. The van der Waals surface area contributed by atoms with Crippen LogP contribution in [0.25, 0.3) is 11.1 Å². The molecule has 5 aliphatic carbocycles. The minimum Gasteiger partial charge on any atom is -0.448 e. The van der Waals surface area contributed by atoms with E-state index >= 15 is 0 Å². The Morgan fingerprint density at radius 1 is 0.841 bits per heavy atom. The van der Waals surface area contributed by atoms with Crippen LogP contribution >= 0.6 is 0 Å². The monoisotopic (exact) mass is 598 g/mol. The minimum atomic E-state index is -0.298. The van der Waals surface area contributed by atoms with Gasteiger partial charge in [0.05, 0.1) is 12.2 Å². The smallest absolute Gasteiger partial charge is 0.409 e. The molecule has 1 amide bonds. The van der Waals surface area contributed by atoms with Gasteiger partial charge in [0.1, 0.15) is 6.61 Å². The van der Waals surface area contributed by atoms with Crippen LogP contribution in [0.3, 0.4) is 0 Å². The molecule has 6 aliphatic rings. The van der Waals surface area contributed by atoms with Crippen molar-refractivity contribution in [3.8, 4) is 11.1 Å². The highest BCUT2D eigenvalue weighted by molar-refractivity contribution is 5.79. The van der Waals surface area contributed by atoms with E-state index in [2.05, 4.69) is 67.3 Å². The molecule has 6 heteroatoms. The number of hydrogen-bond acceptors (Lipinski definition) is 5. The second kappa shape index (κ2) is 10.8. The predicted molar refractivity (Wildman–Crippen MR) is 171 cm³/mol. The van der Waals surface area contributed by atoms with E-state index in [1.54, 1.807) is 0 Å². The molecule has 44 heavy (non-hydrogen) atoms. The van der Waals surface area contributed by atoms with Gasteiger partial charge in [-0.3, -0.25) is 4.90 Å². The van der Waals surface area contributed by atoms with Crippen molar-refractivity contribution in [3.63, 3.8) is 0 Å². The van der Waals surface area contributed by atoms with Gasteiger partial charge in [0.15, 0.2) is 0 Å². The van der Waals surface area contributed by atoms with E-state index in [0.717, 1.165) is 38.8 Å². The van der Waals surface area contributed by atoms with E-state index in [0.29, 0.717) is 43.4 Å². The molecule has 6 nitrogen and oxygen atoms in total. The van der Waals surface area contributed by atoms with Crippen LogP contribution in [-0.2, 0) is 4.74 Å². The van der Waals surface area contributed by atoms with Gasteiger partial charge >= 0.3 is 6.09 Å². The number of aliphatic hydroxyl groups is 2. The average Bonchev–Trinajstić information content (AvgIpc) is 3.53. The molecule has 5 fully saturated rings. The summed E-state index contributed by atoms with van der Waals surface area (Å²) in [5.74, 6) is 2.73. The summed E-state index contributed by atoms with van der Waals surface area (Å²) < 4.78 is 5.98. The number of fused-ring (bicyclic) bond motifs is 8. The molecular formula is C38H50N2O4. The summed E-state index contributed by atoms with van der Waals surface area (Å²) in [6, 6.07) is 17.1. The van der Waals surface area contributed by atoms with E-state index in [-0.39, 0.29) is 41.1 Å². The van der Waals surface area contributed by atoms with Gasteiger partial charge in [-0.25, -0.2) is 4.79 Å². The number of amides is 1. The molecule has 1 saturated heterocycles. The molecule has 2 aromatic rings. The van der Waals surface area contributed by atoms with Crippen molar-refractivity contribution in [2.75, 3.05) is 32.8 Å². The Morgan fingerprint density at radius 2 is 1.50 bits per heavy atom. The predicted octanol–water partition coefficient (Wildman–Crippen LogP) is 6.30. The SMILES string of the molecule is C[C@]12C[C@H](N3CCN(C(=O)OCC4c5ccccc5-c5ccccc54)CC3)[C@@H](O)CC1CCC1C2CC[C@@]2(C)C1CC[C@@H]2O. The number of piperazine rings is 1. The number of nitrogens with zero attached hydrogens (tertiary/aromatic N) is 2. The molecule has 0 radical (unpaired) electrons. The summed E-state index contributed by atoms with van der Waals surface area (Å²) in [6.45, 7) is 8.13. The van der Waals surface area contributed by atoms with Crippen molar-refractivity contribution < 1.29 is 19.7 Å². The first kappa shape index (κ1) is 29.0. The molecule has 9 atom stereocenters. The Kier molecular flexibility index (Phi) is 7.15. The second-order valence-corrected chi connectivity index (χ2v) is 15.7. The van der Waals surface area contributed by atoms with Gasteiger partial charge in [0.2, 0.25) is 0 Å². The fourth-order valence-corrected chi connectivity index (χ4v) is 11.5. The van der Waals surface area contributed by atoms with Crippen LogP contribution in [0.15, 0.2) is 48.5 Å². The van der Waals surface area contributed by atoms with Gasteiger partial charge in [-0.15, -0.1) is 0 Å². The molecular weight excluding hydrogens is 548 g/mol. The highest BCUT2D eigenvalue weighted by Gasteiger charge is 2.61. The number of rotatable bonds is 3. The number of aliphatic hydroxyl groups excluding tert-OH is 2. The maximum Gasteiger partial charge on any atom is 0.409 e. The lowest BCUT2D eigenvalue weighted by Crippen LogP contribution is -2.62. The summed E-state index contributed by atoms with van der Waals surface area (Å²) in [4.78, 5) is 17.6. The summed E-state index contributed by atoms with van der Waals surface area (Å²) in [6.07, 6.45) is 8.33. The lowest BCUT2D eigenvalue weighted by atomic mass is 9.44. The van der Waals surface area contributed by atoms with Gasteiger partial charge in [-0.2, -0.15) is 0 Å². The van der Waals surface area contributed by atoms with Gasteiger partial charge in [-0.05, 0) is 108 Å². The summed E-state index contributed by atoms with van der Waals surface area (Å²) in [5, 5.41) is 22.3. The zero-order valence-electron chi connectivity index (χ0n) is 26.5. The van der Waals surface area contributed by atoms with Crippen molar-refractivity contribution in [1.29, 1.82) is 0 Å². The Hall–Kier alpha value is -2.41. The standard InChI is InChI=1S/C38H50N2O4/c1-37-16-15-32-29(31(37)13-14-35(37)42)12-11-24-21-34(41)33(22-38(24,32)2)39-17-19-40(20-18-39)36(43)44-23-30-27-9-5-3-7-25(27)26-8-4-6-10-28(26)30/h3-10,24,29-35,41-42H,11-23H2,1-2H3/t24?,29?,31?,32?,33-,34-,35-,37-,38-/m0/s1. The van der Waals surface area contributed by atoms with Crippen LogP contribution in [0.4, 0.5) is 4.79 Å². The van der Waals surface area contributed by atoms with Crippen LogP contribution in [-0.4, -0.2) is 77.1 Å². The average molecular weight is 599 g/mol. The third kappa shape index (κ3) is 4.41. The Bertz CT molecular complexity index is 1360. The third-order valence-corrected chi connectivity index (χ3v) is 14.0. The topological polar surface area (TPSA) is 73.2 Å². The van der Waals surface area contributed by atoms with Gasteiger partial charge in [0, 0.05) is 38.1 Å². The van der Waals surface area contributed by atoms with E-state index in [1.807, 2.05) is 4.90 Å². The fraction of sp³-hybridized carbons (Fsp3) is 0.658. The Labute approximate surface area is 262 Å². The molecule has 2 aromatic carbocycles.